The van der Waals surface area contributed by atoms with Gasteiger partial charge < -0.3 is 14.6 Å². The minimum absolute atomic E-state index is 0.0921. The molecule has 1 fully saturated rings. The summed E-state index contributed by atoms with van der Waals surface area (Å²) in [4.78, 5) is 17.4. The summed E-state index contributed by atoms with van der Waals surface area (Å²) < 4.78 is 7.38. The van der Waals surface area contributed by atoms with Gasteiger partial charge in [0, 0.05) is 5.52 Å². The van der Waals surface area contributed by atoms with Crippen molar-refractivity contribution < 1.29 is 9.64 Å². The zero-order chi connectivity index (χ0) is 19.9. The molecular formula is C20H27N6O2+. The number of aryl methyl sites for hydroxylation is 1. The molecule has 1 aliphatic rings. The molecule has 1 aromatic carbocycles. The molecule has 0 radical (unpaired) electrons. The van der Waals surface area contributed by atoms with E-state index in [1.54, 1.807) is 0 Å². The lowest BCUT2D eigenvalue weighted by atomic mass is 10.0. The van der Waals surface area contributed by atoms with Gasteiger partial charge in [-0.1, -0.05) is 12.1 Å². The van der Waals surface area contributed by atoms with E-state index in [0.29, 0.717) is 24.6 Å². The normalized spacial score (nSPS) is 17.1. The maximum absolute atomic E-state index is 13.1. The van der Waals surface area contributed by atoms with Gasteiger partial charge in [-0.15, -0.1) is 5.10 Å². The molecular weight excluding hydrogens is 356 g/mol. The van der Waals surface area contributed by atoms with Crippen molar-refractivity contribution in [2.45, 2.75) is 39.3 Å². The number of morpholine rings is 1. The molecule has 28 heavy (non-hydrogen) atoms. The van der Waals surface area contributed by atoms with Crippen molar-refractivity contribution in [2.75, 3.05) is 26.3 Å². The highest BCUT2D eigenvalue weighted by Crippen LogP contribution is 2.22. The number of ether oxygens (including phenoxy) is 1. The smallest absolute Gasteiger partial charge is 0.258 e. The summed E-state index contributed by atoms with van der Waals surface area (Å²) >= 11 is 0. The molecule has 8 heteroatoms. The number of fused-ring (bicyclic) bond motifs is 1. The number of rotatable bonds is 3. The number of nitrogens with one attached hydrogen (secondary N) is 2. The SMILES string of the molecule is Cc1ccc2cc([C@H](c3nnnn3C(C)(C)C)[NH+]3CCOCC3)c(=O)[nH]c2c1. The first-order valence-electron chi connectivity index (χ1n) is 9.69. The minimum atomic E-state index is -0.288. The Bertz CT molecular complexity index is 1040. The minimum Gasteiger partial charge on any atom is -0.370 e. The van der Waals surface area contributed by atoms with Gasteiger partial charge in [-0.25, -0.2) is 4.68 Å². The molecule has 0 aliphatic carbocycles. The van der Waals surface area contributed by atoms with Crippen LogP contribution in [0.4, 0.5) is 0 Å². The summed E-state index contributed by atoms with van der Waals surface area (Å²) in [7, 11) is 0. The average molecular weight is 383 g/mol. The number of nitrogens with zero attached hydrogens (tertiary/aromatic N) is 4. The van der Waals surface area contributed by atoms with Crippen molar-refractivity contribution >= 4 is 10.9 Å². The topological polar surface area (TPSA) is 90.1 Å². The number of aromatic amines is 1. The molecule has 8 nitrogen and oxygen atoms in total. The van der Waals surface area contributed by atoms with Gasteiger partial charge in [0.1, 0.15) is 13.1 Å². The molecule has 2 N–H and O–H groups in total. The number of tetrazole rings is 1. The molecule has 3 aromatic rings. The van der Waals surface area contributed by atoms with Crippen LogP contribution in [0.25, 0.3) is 10.9 Å². The van der Waals surface area contributed by atoms with Gasteiger partial charge >= 0.3 is 0 Å². The molecule has 0 saturated carbocycles. The van der Waals surface area contributed by atoms with E-state index < -0.39 is 0 Å². The molecule has 1 saturated heterocycles. The first-order chi connectivity index (χ1) is 13.3. The van der Waals surface area contributed by atoms with E-state index in [-0.39, 0.29) is 17.1 Å². The number of aromatic nitrogens is 5. The van der Waals surface area contributed by atoms with Crippen molar-refractivity contribution in [1.29, 1.82) is 0 Å². The quantitative estimate of drug-likeness (QED) is 0.691. The standard InChI is InChI=1S/C20H26N6O2/c1-13-5-6-14-12-15(19(27)21-16(14)11-13)17(25-7-9-28-10-8-25)18-22-23-24-26(18)20(2,3)4/h5-6,11-12,17H,7-10H2,1-4H3,(H,21,27)/p+1/t17-/m1/s1. The molecule has 0 bridgehead atoms. The lowest BCUT2D eigenvalue weighted by Crippen LogP contribution is -3.14. The number of pyridine rings is 1. The van der Waals surface area contributed by atoms with Crippen LogP contribution < -0.4 is 10.5 Å². The first kappa shape index (κ1) is 18.8. The number of H-pyrrole nitrogens is 1. The van der Waals surface area contributed by atoms with Crippen molar-refractivity contribution in [2.24, 2.45) is 0 Å². The zero-order valence-electron chi connectivity index (χ0n) is 16.8. The summed E-state index contributed by atoms with van der Waals surface area (Å²) in [6.45, 7) is 11.1. The highest BCUT2D eigenvalue weighted by molar-refractivity contribution is 5.79. The Morgan fingerprint density at radius 3 is 2.68 bits per heavy atom. The van der Waals surface area contributed by atoms with E-state index in [2.05, 4.69) is 47.3 Å². The molecule has 148 valence electrons. The zero-order valence-corrected chi connectivity index (χ0v) is 16.8. The van der Waals surface area contributed by atoms with Crippen molar-refractivity contribution in [3.05, 3.63) is 51.6 Å². The molecule has 1 aliphatic heterocycles. The maximum atomic E-state index is 13.1. The highest BCUT2D eigenvalue weighted by Gasteiger charge is 2.37. The fraction of sp³-hybridized carbons (Fsp3) is 0.500. The third kappa shape index (κ3) is 3.45. The van der Waals surface area contributed by atoms with E-state index >= 15 is 0 Å². The van der Waals surface area contributed by atoms with E-state index in [1.807, 2.05) is 29.8 Å². The van der Waals surface area contributed by atoms with E-state index in [1.165, 1.54) is 4.90 Å². The molecule has 0 amide bonds. The van der Waals surface area contributed by atoms with Crippen LogP contribution in [0, 0.1) is 6.92 Å². The van der Waals surface area contributed by atoms with Crippen LogP contribution >= 0.6 is 0 Å². The van der Waals surface area contributed by atoms with E-state index in [4.69, 9.17) is 4.74 Å². The van der Waals surface area contributed by atoms with Crippen LogP contribution in [0.15, 0.2) is 29.1 Å². The fourth-order valence-electron chi connectivity index (χ4n) is 3.86. The largest absolute Gasteiger partial charge is 0.370 e. The highest BCUT2D eigenvalue weighted by atomic mass is 16.5. The summed E-state index contributed by atoms with van der Waals surface area (Å²) in [5, 5.41) is 13.5. The molecule has 2 aromatic heterocycles. The second-order valence-corrected chi connectivity index (χ2v) is 8.47. The monoisotopic (exact) mass is 383 g/mol. The van der Waals surface area contributed by atoms with Crippen molar-refractivity contribution in [3.8, 4) is 0 Å². The van der Waals surface area contributed by atoms with Crippen LogP contribution in [0.5, 0.6) is 0 Å². The number of benzene rings is 1. The molecule has 4 rings (SSSR count). The maximum Gasteiger partial charge on any atom is 0.258 e. The Morgan fingerprint density at radius 2 is 1.96 bits per heavy atom. The van der Waals surface area contributed by atoms with Crippen LogP contribution in [0.2, 0.25) is 0 Å². The van der Waals surface area contributed by atoms with Crippen LogP contribution in [0.1, 0.15) is 43.8 Å². The summed E-state index contributed by atoms with van der Waals surface area (Å²) in [6, 6.07) is 7.83. The Kier molecular flexibility index (Phi) is 4.76. The Morgan fingerprint density at radius 1 is 1.21 bits per heavy atom. The summed E-state index contributed by atoms with van der Waals surface area (Å²) in [5.74, 6) is 0.710. The Hall–Kier alpha value is -2.58. The second-order valence-electron chi connectivity index (χ2n) is 8.47. The molecule has 0 spiro atoms. The van der Waals surface area contributed by atoms with Crippen molar-refractivity contribution in [3.63, 3.8) is 0 Å². The third-order valence-corrected chi connectivity index (χ3v) is 5.27. The van der Waals surface area contributed by atoms with Gasteiger partial charge in [0.05, 0.1) is 24.3 Å². The molecule has 0 unspecified atom stereocenters. The van der Waals surface area contributed by atoms with E-state index in [0.717, 1.165) is 29.6 Å². The van der Waals surface area contributed by atoms with Crippen molar-refractivity contribution in [1.82, 2.24) is 25.2 Å². The number of hydrogen-bond acceptors (Lipinski definition) is 5. The number of quaternary nitrogens is 1. The van der Waals surface area contributed by atoms with Crippen LogP contribution in [-0.2, 0) is 10.3 Å². The third-order valence-electron chi connectivity index (χ3n) is 5.27. The lowest BCUT2D eigenvalue weighted by Gasteiger charge is -2.32. The predicted molar refractivity (Wildman–Crippen MR) is 105 cm³/mol. The van der Waals surface area contributed by atoms with Gasteiger partial charge in [-0.3, -0.25) is 4.79 Å². The van der Waals surface area contributed by atoms with Gasteiger partial charge in [0.2, 0.25) is 5.82 Å². The van der Waals surface area contributed by atoms with Crippen LogP contribution in [-0.4, -0.2) is 51.5 Å². The molecule has 3 heterocycles. The Balaban J connectivity index is 1.90. The first-order valence-corrected chi connectivity index (χ1v) is 9.69. The lowest BCUT2D eigenvalue weighted by molar-refractivity contribution is -0.934. The van der Waals surface area contributed by atoms with Gasteiger partial charge in [-0.05, 0) is 61.2 Å². The fourth-order valence-corrected chi connectivity index (χ4v) is 3.86. The van der Waals surface area contributed by atoms with Gasteiger partial charge in [-0.2, -0.15) is 0 Å². The second kappa shape index (κ2) is 7.10. The van der Waals surface area contributed by atoms with Gasteiger partial charge in [0.25, 0.3) is 5.56 Å². The predicted octanol–water partition coefficient (Wildman–Crippen LogP) is 0.583. The number of hydrogen-bond donors (Lipinski definition) is 2. The summed E-state index contributed by atoms with van der Waals surface area (Å²) in [6.07, 6.45) is 0. The van der Waals surface area contributed by atoms with Gasteiger partial charge in [0.15, 0.2) is 6.04 Å². The average Bonchev–Trinajstić information content (AvgIpc) is 3.13. The molecule has 1 atom stereocenters. The van der Waals surface area contributed by atoms with Crippen LogP contribution in [0.3, 0.4) is 0 Å². The summed E-state index contributed by atoms with van der Waals surface area (Å²) in [5.41, 5.74) is 2.27. The Labute approximate surface area is 163 Å². The van der Waals surface area contributed by atoms with E-state index in [9.17, 15) is 4.79 Å².